The number of hydrogen-bond acceptors (Lipinski definition) is 8. The highest BCUT2D eigenvalue weighted by Crippen LogP contribution is 2.24. The third-order valence-corrected chi connectivity index (χ3v) is 5.72. The molecule has 186 valence electrons. The topological polar surface area (TPSA) is 135 Å². The number of anilines is 2. The third kappa shape index (κ3) is 6.50. The molecule has 0 aliphatic carbocycles. The predicted molar refractivity (Wildman–Crippen MR) is 142 cm³/mol. The molecule has 9 nitrogen and oxygen atoms in total. The van der Waals surface area contributed by atoms with Crippen molar-refractivity contribution in [2.24, 2.45) is 5.84 Å². The summed E-state index contributed by atoms with van der Waals surface area (Å²) >= 11 is 0. The Morgan fingerprint density at radius 2 is 1.92 bits per heavy atom. The van der Waals surface area contributed by atoms with E-state index in [4.69, 9.17) is 11.3 Å². The summed E-state index contributed by atoms with van der Waals surface area (Å²) in [6.45, 7) is 6.29. The van der Waals surface area contributed by atoms with Crippen molar-refractivity contribution in [3.05, 3.63) is 82.9 Å². The SMILES string of the molecule is Cc1ncc(NC(=O)c2cccc(C(C)(C)C#N)c2)cc1N(N)CC(=N)c1cncc(CN(C)C)c1. The van der Waals surface area contributed by atoms with Crippen LogP contribution in [-0.2, 0) is 12.0 Å². The lowest BCUT2D eigenvalue weighted by Gasteiger charge is -2.22. The van der Waals surface area contributed by atoms with E-state index in [1.165, 1.54) is 5.01 Å². The molecule has 2 aromatic heterocycles. The summed E-state index contributed by atoms with van der Waals surface area (Å²) < 4.78 is 0. The summed E-state index contributed by atoms with van der Waals surface area (Å²) in [5.41, 5.74) is 4.25. The summed E-state index contributed by atoms with van der Waals surface area (Å²) in [5, 5.41) is 22.2. The van der Waals surface area contributed by atoms with Crippen molar-refractivity contribution in [3.63, 3.8) is 0 Å². The molecule has 2 heterocycles. The summed E-state index contributed by atoms with van der Waals surface area (Å²) in [4.78, 5) is 23.6. The van der Waals surface area contributed by atoms with Crippen LogP contribution < -0.4 is 16.2 Å². The van der Waals surface area contributed by atoms with E-state index in [0.29, 0.717) is 33.9 Å². The zero-order chi connectivity index (χ0) is 26.5. The number of amides is 1. The number of nitrogens with two attached hydrogens (primary N) is 1. The quantitative estimate of drug-likeness (QED) is 0.240. The van der Waals surface area contributed by atoms with Crippen molar-refractivity contribution in [2.45, 2.75) is 32.7 Å². The van der Waals surface area contributed by atoms with Crippen molar-refractivity contribution in [1.29, 1.82) is 10.7 Å². The first-order chi connectivity index (χ1) is 17.0. The number of benzene rings is 1. The van der Waals surface area contributed by atoms with Gasteiger partial charge in [0.1, 0.15) is 0 Å². The molecule has 0 saturated carbocycles. The van der Waals surface area contributed by atoms with Crippen molar-refractivity contribution >= 4 is 23.0 Å². The fourth-order valence-corrected chi connectivity index (χ4v) is 3.65. The number of carbonyl (C=O) groups is 1. The Morgan fingerprint density at radius 1 is 1.17 bits per heavy atom. The average molecular weight is 485 g/mol. The number of aromatic nitrogens is 2. The average Bonchev–Trinajstić information content (AvgIpc) is 2.84. The number of carbonyl (C=O) groups excluding carboxylic acids is 1. The number of hydrogen-bond donors (Lipinski definition) is 3. The fourth-order valence-electron chi connectivity index (χ4n) is 3.65. The number of nitriles is 1. The van der Waals surface area contributed by atoms with Crippen molar-refractivity contribution in [1.82, 2.24) is 14.9 Å². The number of aryl methyl sites for hydroxylation is 1. The molecule has 36 heavy (non-hydrogen) atoms. The van der Waals surface area contributed by atoms with Crippen LogP contribution in [-0.4, -0.2) is 47.1 Å². The van der Waals surface area contributed by atoms with Crippen LogP contribution in [0, 0.1) is 23.7 Å². The van der Waals surface area contributed by atoms with Gasteiger partial charge in [-0.15, -0.1) is 0 Å². The predicted octanol–water partition coefficient (Wildman–Crippen LogP) is 3.65. The number of nitrogens with one attached hydrogen (secondary N) is 2. The minimum atomic E-state index is -0.707. The molecular weight excluding hydrogens is 452 g/mol. The Labute approximate surface area is 212 Å². The summed E-state index contributed by atoms with van der Waals surface area (Å²) in [6, 6.07) is 12.9. The summed E-state index contributed by atoms with van der Waals surface area (Å²) in [7, 11) is 3.95. The first kappa shape index (κ1) is 26.5. The van der Waals surface area contributed by atoms with Gasteiger partial charge in [-0.3, -0.25) is 14.8 Å². The van der Waals surface area contributed by atoms with Gasteiger partial charge in [0, 0.05) is 30.1 Å². The standard InChI is InChI=1S/C27H32N8O/c1-18-25(35(30)16-24(29)21-9-19(12-31-13-21)15-34(4)5)11-23(14-32-18)33-26(36)20-7-6-8-22(10-20)27(2,3)17-28/h6-14,29H,15-16,30H2,1-5H3,(H,33,36). The lowest BCUT2D eigenvalue weighted by atomic mass is 9.85. The highest BCUT2D eigenvalue weighted by molar-refractivity contribution is 6.05. The first-order valence-corrected chi connectivity index (χ1v) is 11.5. The van der Waals surface area contributed by atoms with Gasteiger partial charge in [0.05, 0.1) is 47.0 Å². The molecule has 0 atom stereocenters. The van der Waals surface area contributed by atoms with Crippen LogP contribution in [0.25, 0.3) is 0 Å². The van der Waals surface area contributed by atoms with E-state index in [9.17, 15) is 10.1 Å². The molecule has 0 aliphatic heterocycles. The van der Waals surface area contributed by atoms with Gasteiger partial charge in [0.2, 0.25) is 0 Å². The van der Waals surface area contributed by atoms with E-state index in [1.54, 1.807) is 42.9 Å². The second-order valence-corrected chi connectivity index (χ2v) is 9.53. The van der Waals surface area contributed by atoms with Crippen LogP contribution in [0.1, 0.15) is 46.6 Å². The molecule has 0 unspecified atom stereocenters. The van der Waals surface area contributed by atoms with Crippen LogP contribution in [0.2, 0.25) is 0 Å². The largest absolute Gasteiger partial charge is 0.321 e. The lowest BCUT2D eigenvalue weighted by Crippen LogP contribution is -2.37. The van der Waals surface area contributed by atoms with Crippen LogP contribution >= 0.6 is 0 Å². The van der Waals surface area contributed by atoms with Crippen molar-refractivity contribution in [3.8, 4) is 6.07 Å². The Hall–Kier alpha value is -4.13. The highest BCUT2D eigenvalue weighted by atomic mass is 16.1. The third-order valence-electron chi connectivity index (χ3n) is 5.72. The van der Waals surface area contributed by atoms with Gasteiger partial charge in [-0.25, -0.2) is 5.84 Å². The summed E-state index contributed by atoms with van der Waals surface area (Å²) in [6.07, 6.45) is 5.00. The molecule has 0 bridgehead atoms. The maximum absolute atomic E-state index is 12.9. The van der Waals surface area contributed by atoms with Gasteiger partial charge in [-0.1, -0.05) is 12.1 Å². The molecule has 1 aromatic carbocycles. The normalized spacial score (nSPS) is 11.2. The zero-order valence-electron chi connectivity index (χ0n) is 21.3. The van der Waals surface area contributed by atoms with Crippen LogP contribution in [0.3, 0.4) is 0 Å². The van der Waals surface area contributed by atoms with Crippen LogP contribution in [0.5, 0.6) is 0 Å². The molecule has 3 aromatic rings. The summed E-state index contributed by atoms with van der Waals surface area (Å²) in [5.74, 6) is 6.01. The second-order valence-electron chi connectivity index (χ2n) is 9.53. The van der Waals surface area contributed by atoms with Gasteiger partial charge in [0.25, 0.3) is 5.91 Å². The Morgan fingerprint density at radius 3 is 2.61 bits per heavy atom. The monoisotopic (exact) mass is 484 g/mol. The maximum Gasteiger partial charge on any atom is 0.255 e. The van der Waals surface area contributed by atoms with E-state index in [-0.39, 0.29) is 12.5 Å². The second kappa shape index (κ2) is 11.1. The minimum Gasteiger partial charge on any atom is -0.321 e. The molecule has 0 spiro atoms. The highest BCUT2D eigenvalue weighted by Gasteiger charge is 2.21. The van der Waals surface area contributed by atoms with Gasteiger partial charge >= 0.3 is 0 Å². The zero-order valence-corrected chi connectivity index (χ0v) is 21.3. The van der Waals surface area contributed by atoms with Gasteiger partial charge in [0.15, 0.2) is 0 Å². The number of pyridine rings is 2. The molecule has 0 aliphatic rings. The van der Waals surface area contributed by atoms with Gasteiger partial charge < -0.3 is 20.6 Å². The van der Waals surface area contributed by atoms with Crippen LogP contribution in [0.15, 0.2) is 55.0 Å². The maximum atomic E-state index is 12.9. The van der Waals surface area contributed by atoms with E-state index in [1.807, 2.05) is 51.9 Å². The van der Waals surface area contributed by atoms with Crippen molar-refractivity contribution < 1.29 is 4.79 Å². The Kier molecular flexibility index (Phi) is 8.14. The smallest absolute Gasteiger partial charge is 0.255 e. The van der Waals surface area contributed by atoms with Gasteiger partial charge in [-0.2, -0.15) is 5.26 Å². The van der Waals surface area contributed by atoms with E-state index < -0.39 is 5.41 Å². The number of nitrogens with zero attached hydrogens (tertiary/aromatic N) is 5. The Bertz CT molecular complexity index is 1310. The number of hydrazine groups is 1. The molecule has 0 fully saturated rings. The first-order valence-electron chi connectivity index (χ1n) is 11.5. The fraction of sp³-hybridized carbons (Fsp3) is 0.296. The minimum absolute atomic E-state index is 0.137. The molecule has 1 amide bonds. The van der Waals surface area contributed by atoms with E-state index in [2.05, 4.69) is 21.4 Å². The van der Waals surface area contributed by atoms with E-state index >= 15 is 0 Å². The molecule has 4 N–H and O–H groups in total. The molecule has 9 heteroatoms. The molecule has 0 radical (unpaired) electrons. The van der Waals surface area contributed by atoms with Gasteiger partial charge in [-0.05, 0) is 70.3 Å². The molecule has 0 saturated heterocycles. The molecule has 3 rings (SSSR count). The number of rotatable bonds is 9. The van der Waals surface area contributed by atoms with Crippen molar-refractivity contribution in [2.75, 3.05) is 31.0 Å². The van der Waals surface area contributed by atoms with E-state index in [0.717, 1.165) is 17.7 Å². The Balaban J connectivity index is 1.75. The van der Waals surface area contributed by atoms with Crippen LogP contribution in [0.4, 0.5) is 11.4 Å². The molecular formula is C27H32N8O. The lowest BCUT2D eigenvalue weighted by molar-refractivity contribution is 0.102.